The number of anilines is 1. The Morgan fingerprint density at radius 3 is 2.95 bits per heavy atom. The average molecular weight is 266 g/mol. The monoisotopic (exact) mass is 266 g/mol. The quantitative estimate of drug-likeness (QED) is 0.899. The zero-order valence-corrected chi connectivity index (χ0v) is 11.1. The topological polar surface area (TPSA) is 69.0 Å². The van der Waals surface area contributed by atoms with Gasteiger partial charge in [-0.05, 0) is 18.6 Å². The molecule has 1 amide bonds. The van der Waals surface area contributed by atoms with Crippen LogP contribution >= 0.6 is 0 Å². The predicted octanol–water partition coefficient (Wildman–Crippen LogP) is 1.75. The molecule has 2 heterocycles. The number of nitrogens with zero attached hydrogens (tertiary/aromatic N) is 3. The molecule has 5 nitrogen and oxygen atoms in total. The van der Waals surface area contributed by atoms with Crippen LogP contribution in [0.25, 0.3) is 10.9 Å². The molecule has 20 heavy (non-hydrogen) atoms. The summed E-state index contributed by atoms with van der Waals surface area (Å²) in [6, 6.07) is 11.1. The maximum Gasteiger partial charge on any atom is 0.244 e. The summed E-state index contributed by atoms with van der Waals surface area (Å²) in [5.41, 5.74) is 1.32. The van der Waals surface area contributed by atoms with E-state index in [2.05, 4.69) is 16.4 Å². The third kappa shape index (κ3) is 2.05. The minimum atomic E-state index is -0.250. The van der Waals surface area contributed by atoms with Crippen LogP contribution in [0.2, 0.25) is 0 Å². The van der Waals surface area contributed by atoms with E-state index in [9.17, 15) is 10.1 Å². The van der Waals surface area contributed by atoms with Crippen molar-refractivity contribution in [2.24, 2.45) is 0 Å². The number of amides is 1. The summed E-state index contributed by atoms with van der Waals surface area (Å²) < 4.78 is 0. The van der Waals surface area contributed by atoms with Crippen LogP contribution in [0.1, 0.15) is 12.0 Å². The van der Waals surface area contributed by atoms with E-state index in [1.807, 2.05) is 24.3 Å². The summed E-state index contributed by atoms with van der Waals surface area (Å²) in [4.78, 5) is 18.1. The number of rotatable bonds is 2. The van der Waals surface area contributed by atoms with Crippen LogP contribution < -0.4 is 5.32 Å². The molecule has 1 N–H and O–H groups in total. The zero-order valence-electron chi connectivity index (χ0n) is 11.1. The fraction of sp³-hybridized carbons (Fsp3) is 0.267. The molecule has 1 aromatic carbocycles. The van der Waals surface area contributed by atoms with Crippen molar-refractivity contribution >= 4 is 22.6 Å². The first-order valence-electron chi connectivity index (χ1n) is 6.50. The van der Waals surface area contributed by atoms with Gasteiger partial charge in [-0.15, -0.1) is 0 Å². The number of likely N-dealkylation sites (tertiary alicyclic amines) is 1. The number of carbonyl (C=O) groups excluding carboxylic acids is 1. The van der Waals surface area contributed by atoms with Crippen molar-refractivity contribution < 1.29 is 4.79 Å². The molecule has 1 aliphatic heterocycles. The lowest BCUT2D eigenvalue weighted by atomic mass is 10.1. The molecule has 5 heteroatoms. The van der Waals surface area contributed by atoms with Crippen LogP contribution in [0.5, 0.6) is 0 Å². The Morgan fingerprint density at radius 1 is 1.45 bits per heavy atom. The lowest BCUT2D eigenvalue weighted by molar-refractivity contribution is -0.127. The molecule has 0 bridgehead atoms. The fourth-order valence-electron chi connectivity index (χ4n) is 2.48. The largest absolute Gasteiger partial charge is 0.358 e. The first kappa shape index (κ1) is 12.4. The number of aromatic nitrogens is 1. The van der Waals surface area contributed by atoms with E-state index >= 15 is 0 Å². The summed E-state index contributed by atoms with van der Waals surface area (Å²) >= 11 is 0. The van der Waals surface area contributed by atoms with Crippen molar-refractivity contribution in [3.8, 4) is 6.07 Å². The Kier molecular flexibility index (Phi) is 2.99. The highest BCUT2D eigenvalue weighted by Crippen LogP contribution is 2.22. The van der Waals surface area contributed by atoms with Crippen LogP contribution in [0.4, 0.5) is 5.82 Å². The van der Waals surface area contributed by atoms with Crippen molar-refractivity contribution in [2.75, 3.05) is 18.9 Å². The van der Waals surface area contributed by atoms with Gasteiger partial charge in [0.1, 0.15) is 11.9 Å². The second kappa shape index (κ2) is 4.82. The summed E-state index contributed by atoms with van der Waals surface area (Å²) in [7, 11) is 1.79. The van der Waals surface area contributed by atoms with Crippen LogP contribution in [-0.4, -0.2) is 35.4 Å². The third-order valence-electron chi connectivity index (χ3n) is 3.59. The molecular weight excluding hydrogens is 252 g/mol. The van der Waals surface area contributed by atoms with Gasteiger partial charge < -0.3 is 10.2 Å². The van der Waals surface area contributed by atoms with E-state index < -0.39 is 0 Å². The van der Waals surface area contributed by atoms with Gasteiger partial charge in [0.15, 0.2) is 0 Å². The van der Waals surface area contributed by atoms with E-state index in [-0.39, 0.29) is 11.9 Å². The van der Waals surface area contributed by atoms with Crippen molar-refractivity contribution in [3.05, 3.63) is 35.9 Å². The van der Waals surface area contributed by atoms with Gasteiger partial charge in [-0.3, -0.25) is 4.79 Å². The molecular formula is C15H14N4O. The van der Waals surface area contributed by atoms with Crippen molar-refractivity contribution in [1.29, 1.82) is 5.26 Å². The number of para-hydroxylation sites is 1. The molecule has 1 aliphatic rings. The van der Waals surface area contributed by atoms with Crippen LogP contribution in [-0.2, 0) is 4.79 Å². The van der Waals surface area contributed by atoms with Gasteiger partial charge in [0.2, 0.25) is 5.91 Å². The summed E-state index contributed by atoms with van der Waals surface area (Å²) in [6.07, 6.45) is 0.756. The van der Waals surface area contributed by atoms with E-state index in [4.69, 9.17) is 0 Å². The molecule has 100 valence electrons. The predicted molar refractivity (Wildman–Crippen MR) is 76.1 cm³/mol. The van der Waals surface area contributed by atoms with Crippen LogP contribution in [0.15, 0.2) is 30.3 Å². The van der Waals surface area contributed by atoms with Gasteiger partial charge in [-0.2, -0.15) is 5.26 Å². The number of nitrogens with one attached hydrogen (secondary N) is 1. The van der Waals surface area contributed by atoms with E-state index in [0.29, 0.717) is 11.4 Å². The van der Waals surface area contributed by atoms with Gasteiger partial charge in [0.25, 0.3) is 0 Å². The van der Waals surface area contributed by atoms with Gasteiger partial charge in [0.05, 0.1) is 17.1 Å². The first-order valence-corrected chi connectivity index (χ1v) is 6.50. The highest BCUT2D eigenvalue weighted by molar-refractivity contribution is 5.89. The Morgan fingerprint density at radius 2 is 2.25 bits per heavy atom. The molecule has 0 spiro atoms. The first-order chi connectivity index (χ1) is 9.69. The minimum absolute atomic E-state index is 0.0680. The van der Waals surface area contributed by atoms with E-state index in [1.165, 1.54) is 0 Å². The standard InChI is InChI=1S/C15H14N4O/c1-19-7-6-13(15(19)20)18-14-8-10(9-16)11-4-2-3-5-12(11)17-14/h2-5,8,13H,6-7H2,1H3,(H,17,18)/t13-/m0/s1. The molecule has 1 aromatic heterocycles. The van der Waals surface area contributed by atoms with Crippen LogP contribution in [0, 0.1) is 11.3 Å². The molecule has 3 rings (SSSR count). The molecule has 0 unspecified atom stereocenters. The van der Waals surface area contributed by atoms with Crippen molar-refractivity contribution in [1.82, 2.24) is 9.88 Å². The van der Waals surface area contributed by atoms with Gasteiger partial charge in [-0.25, -0.2) is 4.98 Å². The normalized spacial score (nSPS) is 18.3. The summed E-state index contributed by atoms with van der Waals surface area (Å²) in [5, 5.41) is 13.2. The number of likely N-dealkylation sites (N-methyl/N-ethyl adjacent to an activating group) is 1. The number of hydrogen-bond acceptors (Lipinski definition) is 4. The summed E-state index contributed by atoms with van der Waals surface area (Å²) in [5.74, 6) is 0.646. The second-order valence-electron chi connectivity index (χ2n) is 4.93. The number of benzene rings is 1. The molecule has 0 radical (unpaired) electrons. The van der Waals surface area contributed by atoms with Crippen LogP contribution in [0.3, 0.4) is 0 Å². The third-order valence-corrected chi connectivity index (χ3v) is 3.59. The number of nitriles is 1. The average Bonchev–Trinajstić information content (AvgIpc) is 2.78. The fourth-order valence-corrected chi connectivity index (χ4v) is 2.48. The van der Waals surface area contributed by atoms with E-state index in [1.54, 1.807) is 18.0 Å². The maximum atomic E-state index is 11.9. The molecule has 1 saturated heterocycles. The van der Waals surface area contributed by atoms with Gasteiger partial charge in [0, 0.05) is 19.0 Å². The molecule has 1 atom stereocenters. The smallest absolute Gasteiger partial charge is 0.244 e. The lowest BCUT2D eigenvalue weighted by Crippen LogP contribution is -2.31. The number of hydrogen-bond donors (Lipinski definition) is 1. The Labute approximate surface area is 116 Å². The zero-order chi connectivity index (χ0) is 14.1. The number of carbonyl (C=O) groups is 1. The minimum Gasteiger partial charge on any atom is -0.358 e. The molecule has 0 aliphatic carbocycles. The maximum absolute atomic E-state index is 11.9. The molecule has 1 fully saturated rings. The number of pyridine rings is 1. The van der Waals surface area contributed by atoms with E-state index in [0.717, 1.165) is 23.9 Å². The number of fused-ring (bicyclic) bond motifs is 1. The summed E-state index contributed by atoms with van der Waals surface area (Å²) in [6.45, 7) is 0.745. The molecule has 0 saturated carbocycles. The highest BCUT2D eigenvalue weighted by atomic mass is 16.2. The molecule has 2 aromatic rings. The SMILES string of the molecule is CN1CC[C@H](Nc2cc(C#N)c3ccccc3n2)C1=O. The van der Waals surface area contributed by atoms with Gasteiger partial charge in [-0.1, -0.05) is 18.2 Å². The lowest BCUT2D eigenvalue weighted by Gasteiger charge is -2.13. The van der Waals surface area contributed by atoms with Crippen molar-refractivity contribution in [3.63, 3.8) is 0 Å². The highest BCUT2D eigenvalue weighted by Gasteiger charge is 2.29. The van der Waals surface area contributed by atoms with Crippen molar-refractivity contribution in [2.45, 2.75) is 12.5 Å². The van der Waals surface area contributed by atoms with Gasteiger partial charge >= 0.3 is 0 Å². The Bertz CT molecular complexity index is 719. The Balaban J connectivity index is 1.97. The second-order valence-corrected chi connectivity index (χ2v) is 4.93. The Hall–Kier alpha value is -2.61.